The Bertz CT molecular complexity index is 562. The normalized spacial score (nSPS) is 15.4. The molecule has 0 fully saturated rings. The smallest absolute Gasteiger partial charge is 0.126 e. The molecular formula is C14H17N3S. The Kier molecular flexibility index (Phi) is 3.04. The van der Waals surface area contributed by atoms with Crippen LogP contribution < -0.4 is 5.32 Å². The number of aryl methyl sites for hydroxylation is 3. The molecule has 2 aromatic heterocycles. The first kappa shape index (κ1) is 11.7. The van der Waals surface area contributed by atoms with Gasteiger partial charge < -0.3 is 5.32 Å². The molecule has 94 valence electrons. The molecule has 0 bridgehead atoms. The molecule has 0 saturated heterocycles. The number of aromatic nitrogens is 2. The highest BCUT2D eigenvalue weighted by atomic mass is 32.1. The van der Waals surface area contributed by atoms with Crippen molar-refractivity contribution < 1.29 is 0 Å². The summed E-state index contributed by atoms with van der Waals surface area (Å²) in [4.78, 5) is 10.4. The second kappa shape index (κ2) is 4.69. The third-order valence-corrected chi connectivity index (χ3v) is 4.40. The lowest BCUT2D eigenvalue weighted by Gasteiger charge is -2.12. The summed E-state index contributed by atoms with van der Waals surface area (Å²) in [5.41, 5.74) is 2.68. The summed E-state index contributed by atoms with van der Waals surface area (Å²) < 4.78 is 0. The van der Waals surface area contributed by atoms with Gasteiger partial charge in [-0.25, -0.2) is 9.97 Å². The van der Waals surface area contributed by atoms with Gasteiger partial charge in [0.15, 0.2) is 0 Å². The molecule has 0 amide bonds. The number of nitrogens with one attached hydrogen (secondary N) is 1. The molecule has 1 atom stereocenters. The van der Waals surface area contributed by atoms with E-state index in [0.29, 0.717) is 0 Å². The zero-order chi connectivity index (χ0) is 12.5. The van der Waals surface area contributed by atoms with E-state index in [1.54, 1.807) is 11.3 Å². The highest BCUT2D eigenvalue weighted by Gasteiger charge is 2.14. The Hall–Kier alpha value is -1.42. The van der Waals surface area contributed by atoms with Crippen molar-refractivity contribution in [2.75, 3.05) is 5.32 Å². The van der Waals surface area contributed by atoms with Gasteiger partial charge in [-0.3, -0.25) is 0 Å². The fourth-order valence-electron chi connectivity index (χ4n) is 2.36. The number of thiazole rings is 1. The van der Waals surface area contributed by atoms with Crippen molar-refractivity contribution in [3.05, 3.63) is 39.5 Å². The van der Waals surface area contributed by atoms with Crippen molar-refractivity contribution >= 4 is 17.2 Å². The molecule has 4 heteroatoms. The van der Waals surface area contributed by atoms with Gasteiger partial charge in [0.2, 0.25) is 0 Å². The first-order chi connectivity index (χ1) is 8.72. The molecule has 1 unspecified atom stereocenters. The first-order valence-corrected chi connectivity index (χ1v) is 7.21. The Morgan fingerprint density at radius 1 is 1.33 bits per heavy atom. The zero-order valence-corrected chi connectivity index (χ0v) is 11.5. The fraction of sp³-hybridized carbons (Fsp3) is 0.429. The third-order valence-electron chi connectivity index (χ3n) is 3.30. The minimum atomic E-state index is 0.218. The molecule has 0 radical (unpaired) electrons. The number of nitrogens with zero attached hydrogens (tertiary/aromatic N) is 2. The monoisotopic (exact) mass is 259 g/mol. The van der Waals surface area contributed by atoms with E-state index in [4.69, 9.17) is 4.98 Å². The van der Waals surface area contributed by atoms with Gasteiger partial charge in [0.1, 0.15) is 10.8 Å². The molecule has 2 heterocycles. The predicted molar refractivity (Wildman–Crippen MR) is 75.2 cm³/mol. The average molecular weight is 259 g/mol. The summed E-state index contributed by atoms with van der Waals surface area (Å²) in [6, 6.07) is 4.51. The number of pyridine rings is 1. The molecule has 1 aliphatic carbocycles. The van der Waals surface area contributed by atoms with Crippen molar-refractivity contribution in [3.63, 3.8) is 0 Å². The largest absolute Gasteiger partial charge is 0.361 e. The summed E-state index contributed by atoms with van der Waals surface area (Å²) in [5, 5.41) is 4.56. The van der Waals surface area contributed by atoms with E-state index in [-0.39, 0.29) is 6.04 Å². The molecule has 0 aliphatic heterocycles. The van der Waals surface area contributed by atoms with Crippen molar-refractivity contribution in [1.82, 2.24) is 9.97 Å². The van der Waals surface area contributed by atoms with Crippen molar-refractivity contribution in [3.8, 4) is 0 Å². The summed E-state index contributed by atoms with van der Waals surface area (Å²) in [6.45, 7) is 4.22. The van der Waals surface area contributed by atoms with Crippen LogP contribution in [0.3, 0.4) is 0 Å². The molecule has 0 spiro atoms. The van der Waals surface area contributed by atoms with Crippen LogP contribution in [-0.4, -0.2) is 9.97 Å². The molecule has 2 aromatic rings. The maximum Gasteiger partial charge on any atom is 0.126 e. The number of fused-ring (bicyclic) bond motifs is 1. The second-order valence-electron chi connectivity index (χ2n) is 4.83. The number of hydrogen-bond donors (Lipinski definition) is 1. The van der Waals surface area contributed by atoms with Crippen LogP contribution in [0, 0.1) is 6.92 Å². The quantitative estimate of drug-likeness (QED) is 0.916. The van der Waals surface area contributed by atoms with E-state index in [1.807, 2.05) is 6.20 Å². The van der Waals surface area contributed by atoms with Gasteiger partial charge >= 0.3 is 0 Å². The topological polar surface area (TPSA) is 37.8 Å². The van der Waals surface area contributed by atoms with E-state index in [2.05, 4.69) is 36.3 Å². The Morgan fingerprint density at radius 3 is 3.00 bits per heavy atom. The lowest BCUT2D eigenvalue weighted by molar-refractivity contribution is 0.854. The van der Waals surface area contributed by atoms with Gasteiger partial charge in [-0.2, -0.15) is 0 Å². The summed E-state index contributed by atoms with van der Waals surface area (Å²) in [6.07, 6.45) is 5.47. The van der Waals surface area contributed by atoms with Crippen LogP contribution in [0.25, 0.3) is 0 Å². The minimum absolute atomic E-state index is 0.218. The van der Waals surface area contributed by atoms with Gasteiger partial charge in [0.25, 0.3) is 0 Å². The Balaban J connectivity index is 1.76. The average Bonchev–Trinajstić information content (AvgIpc) is 2.96. The van der Waals surface area contributed by atoms with Gasteiger partial charge in [-0.1, -0.05) is 6.07 Å². The lowest BCUT2D eigenvalue weighted by atomic mass is 10.2. The van der Waals surface area contributed by atoms with Crippen molar-refractivity contribution in [2.24, 2.45) is 0 Å². The van der Waals surface area contributed by atoms with Crippen LogP contribution in [0.2, 0.25) is 0 Å². The highest BCUT2D eigenvalue weighted by molar-refractivity contribution is 7.11. The standard InChI is InChI=1S/C14H17N3S/c1-9-8-15-14(18-9)10(2)16-13-7-6-11-4-3-5-12(11)17-13/h6-8,10H,3-5H2,1-2H3,(H,16,17). The van der Waals surface area contributed by atoms with Gasteiger partial charge in [-0.05, 0) is 44.7 Å². The summed E-state index contributed by atoms with van der Waals surface area (Å²) in [5.74, 6) is 0.969. The molecule has 18 heavy (non-hydrogen) atoms. The van der Waals surface area contributed by atoms with Crippen LogP contribution >= 0.6 is 11.3 Å². The number of hydrogen-bond acceptors (Lipinski definition) is 4. The maximum absolute atomic E-state index is 4.69. The Morgan fingerprint density at radius 2 is 2.22 bits per heavy atom. The molecule has 0 saturated carbocycles. The highest BCUT2D eigenvalue weighted by Crippen LogP contribution is 2.25. The zero-order valence-electron chi connectivity index (χ0n) is 10.7. The van der Waals surface area contributed by atoms with Crippen LogP contribution in [0.1, 0.15) is 40.5 Å². The van der Waals surface area contributed by atoms with Crippen LogP contribution in [0.5, 0.6) is 0 Å². The van der Waals surface area contributed by atoms with E-state index >= 15 is 0 Å². The molecule has 0 aromatic carbocycles. The van der Waals surface area contributed by atoms with Crippen molar-refractivity contribution in [2.45, 2.75) is 39.2 Å². The van der Waals surface area contributed by atoms with Crippen LogP contribution in [0.4, 0.5) is 5.82 Å². The third kappa shape index (κ3) is 2.25. The van der Waals surface area contributed by atoms with E-state index in [1.165, 1.54) is 29.0 Å². The minimum Gasteiger partial charge on any atom is -0.361 e. The fourth-order valence-corrected chi connectivity index (χ4v) is 3.13. The Labute approximate surface area is 111 Å². The second-order valence-corrected chi connectivity index (χ2v) is 6.10. The maximum atomic E-state index is 4.69. The van der Waals surface area contributed by atoms with Crippen molar-refractivity contribution in [1.29, 1.82) is 0 Å². The molecule has 1 N–H and O–H groups in total. The van der Waals surface area contributed by atoms with E-state index in [0.717, 1.165) is 17.2 Å². The molecule has 3 nitrogen and oxygen atoms in total. The number of anilines is 1. The summed E-state index contributed by atoms with van der Waals surface area (Å²) in [7, 11) is 0. The van der Waals surface area contributed by atoms with Gasteiger partial charge in [0.05, 0.1) is 6.04 Å². The van der Waals surface area contributed by atoms with Crippen LogP contribution in [-0.2, 0) is 12.8 Å². The predicted octanol–water partition coefficient (Wildman–Crippen LogP) is 3.51. The molecular weight excluding hydrogens is 242 g/mol. The summed E-state index contributed by atoms with van der Waals surface area (Å²) >= 11 is 1.74. The van der Waals surface area contributed by atoms with E-state index < -0.39 is 0 Å². The van der Waals surface area contributed by atoms with Crippen LogP contribution in [0.15, 0.2) is 18.3 Å². The molecule has 1 aliphatic rings. The first-order valence-electron chi connectivity index (χ1n) is 6.40. The SMILES string of the molecule is Cc1cnc(C(C)Nc2ccc3c(n2)CCC3)s1. The van der Waals surface area contributed by atoms with Gasteiger partial charge in [-0.15, -0.1) is 11.3 Å². The lowest BCUT2D eigenvalue weighted by Crippen LogP contribution is -2.08. The number of rotatable bonds is 3. The molecule has 3 rings (SSSR count). The van der Waals surface area contributed by atoms with E-state index in [9.17, 15) is 0 Å². The van der Waals surface area contributed by atoms with Gasteiger partial charge in [0, 0.05) is 16.8 Å².